The summed E-state index contributed by atoms with van der Waals surface area (Å²) in [6.45, 7) is -0.457. The van der Waals surface area contributed by atoms with Crippen molar-refractivity contribution in [3.63, 3.8) is 0 Å². The third-order valence-electron chi connectivity index (χ3n) is 3.35. The molecule has 0 saturated heterocycles. The van der Waals surface area contributed by atoms with Gasteiger partial charge in [-0.25, -0.2) is 4.79 Å². The number of aliphatic hydroxyl groups excluding tert-OH is 1. The van der Waals surface area contributed by atoms with Crippen LogP contribution in [0.15, 0.2) is 11.4 Å². The molecule has 1 aromatic rings. The van der Waals surface area contributed by atoms with Gasteiger partial charge < -0.3 is 15.2 Å². The van der Waals surface area contributed by atoms with Gasteiger partial charge in [0.1, 0.15) is 0 Å². The zero-order chi connectivity index (χ0) is 13.8. The molecular weight excluding hydrogens is 266 g/mol. The number of nitrogens with one attached hydrogen (secondary N) is 1. The minimum atomic E-state index is -0.985. The fourth-order valence-electron chi connectivity index (χ4n) is 2.35. The number of methoxy groups -OCH3 is 1. The molecule has 1 heterocycles. The predicted molar refractivity (Wildman–Crippen MR) is 71.0 cm³/mol. The molecule has 0 radical (unpaired) electrons. The SMILES string of the molecule is COC(=O)C(CO)NC(=O)C1CCCc2sccc21. The zero-order valence-electron chi connectivity index (χ0n) is 10.7. The second kappa shape index (κ2) is 6.16. The molecule has 1 aliphatic carbocycles. The summed E-state index contributed by atoms with van der Waals surface area (Å²) >= 11 is 1.66. The van der Waals surface area contributed by atoms with Crippen LogP contribution in [0.4, 0.5) is 0 Å². The summed E-state index contributed by atoms with van der Waals surface area (Å²) in [4.78, 5) is 24.8. The van der Waals surface area contributed by atoms with E-state index in [0.29, 0.717) is 0 Å². The fourth-order valence-corrected chi connectivity index (χ4v) is 3.34. The minimum Gasteiger partial charge on any atom is -0.467 e. The average molecular weight is 283 g/mol. The van der Waals surface area contributed by atoms with Crippen LogP contribution in [0.3, 0.4) is 0 Å². The molecule has 0 fully saturated rings. The molecule has 0 aromatic carbocycles. The molecule has 1 amide bonds. The van der Waals surface area contributed by atoms with Crippen molar-refractivity contribution in [2.24, 2.45) is 0 Å². The van der Waals surface area contributed by atoms with Gasteiger partial charge in [-0.2, -0.15) is 0 Å². The monoisotopic (exact) mass is 283 g/mol. The van der Waals surface area contributed by atoms with Crippen molar-refractivity contribution < 1.29 is 19.4 Å². The number of ether oxygens (including phenoxy) is 1. The van der Waals surface area contributed by atoms with E-state index < -0.39 is 18.6 Å². The van der Waals surface area contributed by atoms with E-state index in [1.165, 1.54) is 12.0 Å². The van der Waals surface area contributed by atoms with Crippen molar-refractivity contribution >= 4 is 23.2 Å². The largest absolute Gasteiger partial charge is 0.467 e. The van der Waals surface area contributed by atoms with E-state index in [-0.39, 0.29) is 11.8 Å². The average Bonchev–Trinajstić information content (AvgIpc) is 2.91. The molecule has 2 rings (SSSR count). The number of carbonyl (C=O) groups excluding carboxylic acids is 2. The number of esters is 1. The van der Waals surface area contributed by atoms with Crippen LogP contribution < -0.4 is 5.32 Å². The van der Waals surface area contributed by atoms with E-state index >= 15 is 0 Å². The van der Waals surface area contributed by atoms with Gasteiger partial charge in [-0.1, -0.05) is 0 Å². The van der Waals surface area contributed by atoms with Crippen LogP contribution in [0, 0.1) is 0 Å². The number of thiophene rings is 1. The van der Waals surface area contributed by atoms with Crippen molar-refractivity contribution in [1.82, 2.24) is 5.32 Å². The normalized spacial score (nSPS) is 19.4. The first-order valence-electron chi connectivity index (χ1n) is 6.22. The maximum absolute atomic E-state index is 12.2. The van der Waals surface area contributed by atoms with Crippen LogP contribution in [0.5, 0.6) is 0 Å². The second-order valence-electron chi connectivity index (χ2n) is 4.51. The van der Waals surface area contributed by atoms with Crippen LogP contribution >= 0.6 is 11.3 Å². The number of rotatable bonds is 4. The number of amides is 1. The van der Waals surface area contributed by atoms with Crippen LogP contribution in [0.1, 0.15) is 29.2 Å². The number of fused-ring (bicyclic) bond motifs is 1. The quantitative estimate of drug-likeness (QED) is 0.802. The first-order chi connectivity index (χ1) is 9.17. The summed E-state index contributed by atoms with van der Waals surface area (Å²) in [5, 5.41) is 13.7. The van der Waals surface area contributed by atoms with Gasteiger partial charge in [-0.05, 0) is 36.3 Å². The molecule has 5 nitrogen and oxygen atoms in total. The molecule has 1 aromatic heterocycles. The lowest BCUT2D eigenvalue weighted by Crippen LogP contribution is -2.46. The molecule has 0 aliphatic heterocycles. The Hall–Kier alpha value is -1.40. The fraction of sp³-hybridized carbons (Fsp3) is 0.538. The first kappa shape index (κ1) is 14.0. The Labute approximate surface area is 115 Å². The van der Waals surface area contributed by atoms with E-state index in [4.69, 9.17) is 5.11 Å². The molecule has 19 heavy (non-hydrogen) atoms. The highest BCUT2D eigenvalue weighted by Gasteiger charge is 2.30. The maximum atomic E-state index is 12.2. The highest BCUT2D eigenvalue weighted by Crippen LogP contribution is 2.35. The Morgan fingerprint density at radius 1 is 1.63 bits per heavy atom. The van der Waals surface area contributed by atoms with E-state index in [1.807, 2.05) is 11.4 Å². The highest BCUT2D eigenvalue weighted by molar-refractivity contribution is 7.10. The zero-order valence-corrected chi connectivity index (χ0v) is 11.5. The Kier molecular flexibility index (Phi) is 4.55. The Balaban J connectivity index is 2.07. The maximum Gasteiger partial charge on any atom is 0.330 e. The third-order valence-corrected chi connectivity index (χ3v) is 4.35. The first-order valence-corrected chi connectivity index (χ1v) is 7.10. The molecule has 1 aliphatic rings. The van der Waals surface area contributed by atoms with Crippen molar-refractivity contribution in [2.45, 2.75) is 31.2 Å². The molecule has 104 valence electrons. The number of hydrogen-bond acceptors (Lipinski definition) is 5. The molecular formula is C13H17NO4S. The smallest absolute Gasteiger partial charge is 0.330 e. The summed E-state index contributed by atoms with van der Waals surface area (Å²) in [6.07, 6.45) is 2.75. The van der Waals surface area contributed by atoms with E-state index in [0.717, 1.165) is 24.8 Å². The van der Waals surface area contributed by atoms with Gasteiger partial charge in [-0.3, -0.25) is 4.79 Å². The molecule has 2 atom stereocenters. The van der Waals surface area contributed by atoms with Gasteiger partial charge in [-0.15, -0.1) is 11.3 Å². The number of carbonyl (C=O) groups is 2. The Morgan fingerprint density at radius 3 is 3.11 bits per heavy atom. The van der Waals surface area contributed by atoms with Gasteiger partial charge in [0.2, 0.25) is 5.91 Å². The van der Waals surface area contributed by atoms with Crippen molar-refractivity contribution in [3.05, 3.63) is 21.9 Å². The molecule has 0 saturated carbocycles. The lowest BCUT2D eigenvalue weighted by molar-refractivity contribution is -0.146. The van der Waals surface area contributed by atoms with Gasteiger partial charge >= 0.3 is 5.97 Å². The van der Waals surface area contributed by atoms with E-state index in [1.54, 1.807) is 11.3 Å². The number of aryl methyl sites for hydroxylation is 1. The minimum absolute atomic E-state index is 0.219. The lowest BCUT2D eigenvalue weighted by Gasteiger charge is -2.23. The predicted octanol–water partition coefficient (Wildman–Crippen LogP) is 0.818. The molecule has 6 heteroatoms. The third kappa shape index (κ3) is 2.96. The van der Waals surface area contributed by atoms with Gasteiger partial charge in [0.25, 0.3) is 0 Å². The van der Waals surface area contributed by atoms with Gasteiger partial charge in [0.15, 0.2) is 6.04 Å². The summed E-state index contributed by atoms with van der Waals surface area (Å²) in [5.41, 5.74) is 1.05. The van der Waals surface area contributed by atoms with E-state index in [9.17, 15) is 9.59 Å². The van der Waals surface area contributed by atoms with Crippen molar-refractivity contribution in [3.8, 4) is 0 Å². The standard InChI is InChI=1S/C13H17NO4S/c1-18-13(17)10(7-15)14-12(16)9-3-2-4-11-8(9)5-6-19-11/h5-6,9-10,15H,2-4,7H2,1H3,(H,14,16). The number of aliphatic hydroxyl groups is 1. The lowest BCUT2D eigenvalue weighted by atomic mass is 9.87. The van der Waals surface area contributed by atoms with E-state index in [2.05, 4.69) is 10.1 Å². The summed E-state index contributed by atoms with van der Waals surface area (Å²) in [7, 11) is 1.23. The number of hydrogen-bond donors (Lipinski definition) is 2. The van der Waals surface area contributed by atoms with Crippen LogP contribution in [0.2, 0.25) is 0 Å². The van der Waals surface area contributed by atoms with Gasteiger partial charge in [0, 0.05) is 4.88 Å². The van der Waals surface area contributed by atoms with Gasteiger partial charge in [0.05, 0.1) is 19.6 Å². The molecule has 2 unspecified atom stereocenters. The van der Waals surface area contributed by atoms with Crippen LogP contribution in [0.25, 0.3) is 0 Å². The molecule has 0 spiro atoms. The summed E-state index contributed by atoms with van der Waals surface area (Å²) in [5.74, 6) is -1.07. The topological polar surface area (TPSA) is 75.6 Å². The van der Waals surface area contributed by atoms with Crippen LogP contribution in [-0.4, -0.2) is 36.7 Å². The summed E-state index contributed by atoms with van der Waals surface area (Å²) in [6, 6.07) is 0.983. The van der Waals surface area contributed by atoms with Crippen LogP contribution in [-0.2, 0) is 20.7 Å². The Bertz CT molecular complexity index is 471. The second-order valence-corrected chi connectivity index (χ2v) is 5.51. The highest BCUT2D eigenvalue weighted by atomic mass is 32.1. The summed E-state index contributed by atoms with van der Waals surface area (Å²) < 4.78 is 4.53. The molecule has 2 N–H and O–H groups in total. The van der Waals surface area contributed by atoms with Crippen molar-refractivity contribution in [1.29, 1.82) is 0 Å². The molecule has 0 bridgehead atoms. The van der Waals surface area contributed by atoms with Crippen molar-refractivity contribution in [2.75, 3.05) is 13.7 Å². The Morgan fingerprint density at radius 2 is 2.42 bits per heavy atom.